The van der Waals surface area contributed by atoms with Crippen molar-refractivity contribution in [3.05, 3.63) is 89.0 Å². The molecule has 4 rings (SSSR count). The topological polar surface area (TPSA) is 26.0 Å². The molecule has 1 aliphatic rings. The van der Waals surface area contributed by atoms with E-state index in [0.29, 0.717) is 0 Å². The van der Waals surface area contributed by atoms with Gasteiger partial charge in [0, 0.05) is 5.69 Å². The Bertz CT molecular complexity index is 900. The molecule has 0 fully saturated rings. The lowest BCUT2D eigenvalue weighted by atomic mass is 9.92. The smallest absolute Gasteiger partial charge is 0.0317 e. The van der Waals surface area contributed by atoms with Crippen molar-refractivity contribution in [3.8, 4) is 11.1 Å². The molecular formula is C22H19N. The third kappa shape index (κ3) is 2.08. The number of aryl methyl sites for hydroxylation is 1. The summed E-state index contributed by atoms with van der Waals surface area (Å²) in [5.41, 5.74) is 17.2. The molecular weight excluding hydrogens is 278 g/mol. The molecule has 3 aromatic rings. The third-order valence-electron chi connectivity index (χ3n) is 4.71. The molecule has 1 nitrogen and oxygen atoms in total. The molecule has 2 N–H and O–H groups in total. The van der Waals surface area contributed by atoms with Gasteiger partial charge in [0.25, 0.3) is 0 Å². The first-order chi connectivity index (χ1) is 11.2. The van der Waals surface area contributed by atoms with Crippen LogP contribution in [-0.4, -0.2) is 0 Å². The third-order valence-corrected chi connectivity index (χ3v) is 4.71. The first-order valence-electron chi connectivity index (χ1n) is 7.93. The monoisotopic (exact) mass is 297 g/mol. The number of anilines is 1. The van der Waals surface area contributed by atoms with Crippen molar-refractivity contribution < 1.29 is 0 Å². The van der Waals surface area contributed by atoms with Crippen molar-refractivity contribution in [2.75, 3.05) is 5.73 Å². The van der Waals surface area contributed by atoms with Crippen LogP contribution in [0.15, 0.2) is 66.7 Å². The molecule has 0 bridgehead atoms. The van der Waals surface area contributed by atoms with Crippen LogP contribution in [0.5, 0.6) is 0 Å². The van der Waals surface area contributed by atoms with Crippen LogP contribution < -0.4 is 5.73 Å². The van der Waals surface area contributed by atoms with E-state index in [0.717, 1.165) is 5.69 Å². The van der Waals surface area contributed by atoms with Crippen molar-refractivity contribution in [3.63, 3.8) is 0 Å². The van der Waals surface area contributed by atoms with E-state index in [2.05, 4.69) is 68.4 Å². The zero-order chi connectivity index (χ0) is 16.0. The Morgan fingerprint density at radius 2 is 1.26 bits per heavy atom. The molecule has 0 heterocycles. The highest BCUT2D eigenvalue weighted by Gasteiger charge is 2.24. The maximum atomic E-state index is 5.92. The van der Waals surface area contributed by atoms with E-state index in [1.807, 2.05) is 12.1 Å². The van der Waals surface area contributed by atoms with Crippen molar-refractivity contribution in [2.24, 2.45) is 0 Å². The van der Waals surface area contributed by atoms with Crippen molar-refractivity contribution in [2.45, 2.75) is 13.8 Å². The highest BCUT2D eigenvalue weighted by Crippen LogP contribution is 2.47. The SMILES string of the molecule is CC(=C1c2ccccc2-c2ccccc21)c1ccc(N)cc1C. The molecule has 23 heavy (non-hydrogen) atoms. The van der Waals surface area contributed by atoms with Crippen molar-refractivity contribution in [1.29, 1.82) is 0 Å². The van der Waals surface area contributed by atoms with Gasteiger partial charge in [-0.2, -0.15) is 0 Å². The Labute approximate surface area is 137 Å². The van der Waals surface area contributed by atoms with E-state index in [1.54, 1.807) is 0 Å². The van der Waals surface area contributed by atoms with Crippen LogP contribution in [0.4, 0.5) is 5.69 Å². The van der Waals surface area contributed by atoms with E-state index >= 15 is 0 Å². The van der Waals surface area contributed by atoms with Crippen molar-refractivity contribution in [1.82, 2.24) is 0 Å². The number of hydrogen-bond donors (Lipinski definition) is 1. The molecule has 0 aromatic heterocycles. The molecule has 1 heteroatoms. The zero-order valence-corrected chi connectivity index (χ0v) is 13.4. The Morgan fingerprint density at radius 3 is 1.78 bits per heavy atom. The average molecular weight is 297 g/mol. The largest absolute Gasteiger partial charge is 0.399 e. The van der Waals surface area contributed by atoms with Gasteiger partial charge >= 0.3 is 0 Å². The summed E-state index contributed by atoms with van der Waals surface area (Å²) >= 11 is 0. The lowest BCUT2D eigenvalue weighted by molar-refractivity contribution is 1.41. The molecule has 0 saturated carbocycles. The summed E-state index contributed by atoms with van der Waals surface area (Å²) < 4.78 is 0. The normalized spacial score (nSPS) is 12.0. The van der Waals surface area contributed by atoms with Gasteiger partial charge in [-0.05, 0) is 70.5 Å². The van der Waals surface area contributed by atoms with Gasteiger partial charge in [0.15, 0.2) is 0 Å². The number of hydrogen-bond acceptors (Lipinski definition) is 1. The summed E-state index contributed by atoms with van der Waals surface area (Å²) in [6.45, 7) is 4.34. The Morgan fingerprint density at radius 1 is 0.739 bits per heavy atom. The Hall–Kier alpha value is -2.80. The van der Waals surface area contributed by atoms with Crippen LogP contribution in [0.25, 0.3) is 22.3 Å². The number of fused-ring (bicyclic) bond motifs is 3. The van der Waals surface area contributed by atoms with Crippen LogP contribution in [0, 0.1) is 6.92 Å². The molecule has 112 valence electrons. The molecule has 3 aromatic carbocycles. The number of nitrogen functional groups attached to an aromatic ring is 1. The minimum absolute atomic E-state index is 0.816. The number of nitrogens with two attached hydrogens (primary N) is 1. The van der Waals surface area contributed by atoms with E-state index < -0.39 is 0 Å². The lowest BCUT2D eigenvalue weighted by Crippen LogP contribution is -1.93. The Kier molecular flexibility index (Phi) is 3.09. The van der Waals surface area contributed by atoms with Gasteiger partial charge in [0.05, 0.1) is 0 Å². The maximum Gasteiger partial charge on any atom is 0.0317 e. The molecule has 0 unspecified atom stereocenters. The van der Waals surface area contributed by atoms with Gasteiger partial charge in [-0.25, -0.2) is 0 Å². The van der Waals surface area contributed by atoms with Crippen LogP contribution in [-0.2, 0) is 0 Å². The summed E-state index contributed by atoms with van der Waals surface area (Å²) in [6, 6.07) is 23.5. The van der Waals surface area contributed by atoms with Gasteiger partial charge in [0.2, 0.25) is 0 Å². The average Bonchev–Trinajstić information content (AvgIpc) is 2.89. The van der Waals surface area contributed by atoms with Crippen LogP contribution in [0.1, 0.15) is 29.2 Å². The number of allylic oxidation sites excluding steroid dienone is 1. The lowest BCUT2D eigenvalue weighted by Gasteiger charge is -2.13. The standard InChI is InChI=1S/C22H19N/c1-14-13-16(23)11-12-17(14)15(2)22-20-9-5-3-7-18(20)19-8-4-6-10-21(19)22/h3-13H,23H2,1-2H3. The van der Waals surface area contributed by atoms with Gasteiger partial charge in [-0.3, -0.25) is 0 Å². The molecule has 0 amide bonds. The molecule has 0 aliphatic heterocycles. The number of rotatable bonds is 1. The molecule has 0 atom stereocenters. The summed E-state index contributed by atoms with van der Waals surface area (Å²) in [7, 11) is 0. The highest BCUT2D eigenvalue weighted by atomic mass is 14.5. The maximum absolute atomic E-state index is 5.92. The predicted octanol–water partition coefficient (Wildman–Crippen LogP) is 5.54. The molecule has 0 spiro atoms. The van der Waals surface area contributed by atoms with Crippen molar-refractivity contribution >= 4 is 16.8 Å². The second-order valence-electron chi connectivity index (χ2n) is 6.17. The summed E-state index contributed by atoms with van der Waals surface area (Å²) in [5.74, 6) is 0. The predicted molar refractivity (Wildman–Crippen MR) is 99.1 cm³/mol. The molecule has 1 aliphatic carbocycles. The molecule has 0 saturated heterocycles. The first-order valence-corrected chi connectivity index (χ1v) is 7.93. The van der Waals surface area contributed by atoms with E-state index in [9.17, 15) is 0 Å². The minimum Gasteiger partial charge on any atom is -0.399 e. The zero-order valence-electron chi connectivity index (χ0n) is 13.4. The van der Waals surface area contributed by atoms with E-state index in [-0.39, 0.29) is 0 Å². The first kappa shape index (κ1) is 13.8. The fourth-order valence-electron chi connectivity index (χ4n) is 3.66. The van der Waals surface area contributed by atoms with Gasteiger partial charge in [0.1, 0.15) is 0 Å². The van der Waals surface area contributed by atoms with Gasteiger partial charge in [-0.15, -0.1) is 0 Å². The molecule has 0 radical (unpaired) electrons. The highest BCUT2D eigenvalue weighted by molar-refractivity contribution is 6.10. The van der Waals surface area contributed by atoms with Crippen LogP contribution in [0.3, 0.4) is 0 Å². The fourth-order valence-corrected chi connectivity index (χ4v) is 3.66. The van der Waals surface area contributed by atoms with E-state index in [1.165, 1.54) is 44.5 Å². The van der Waals surface area contributed by atoms with E-state index in [4.69, 9.17) is 5.73 Å². The van der Waals surface area contributed by atoms with Crippen LogP contribution in [0.2, 0.25) is 0 Å². The summed E-state index contributed by atoms with van der Waals surface area (Å²) in [5, 5.41) is 0. The minimum atomic E-state index is 0.816. The summed E-state index contributed by atoms with van der Waals surface area (Å²) in [4.78, 5) is 0. The summed E-state index contributed by atoms with van der Waals surface area (Å²) in [6.07, 6.45) is 0. The Balaban J connectivity index is 2.04. The van der Waals surface area contributed by atoms with Gasteiger partial charge < -0.3 is 5.73 Å². The van der Waals surface area contributed by atoms with Crippen LogP contribution >= 0.6 is 0 Å². The van der Waals surface area contributed by atoms with Gasteiger partial charge in [-0.1, -0.05) is 54.6 Å². The fraction of sp³-hybridized carbons (Fsp3) is 0.0909. The quantitative estimate of drug-likeness (QED) is 0.459. The second kappa shape index (κ2) is 5.13. The second-order valence-corrected chi connectivity index (χ2v) is 6.17. The number of benzene rings is 3.